The molecule has 0 bridgehead atoms. The van der Waals surface area contributed by atoms with E-state index in [4.69, 9.17) is 0 Å². The van der Waals surface area contributed by atoms with Crippen molar-refractivity contribution in [3.05, 3.63) is 85.5 Å². The van der Waals surface area contributed by atoms with Crippen LogP contribution in [0.5, 0.6) is 0 Å². The number of nitro benzene ring substituents is 2. The van der Waals surface area contributed by atoms with Gasteiger partial charge in [0.1, 0.15) is 11.6 Å². The van der Waals surface area contributed by atoms with Crippen molar-refractivity contribution in [2.45, 2.75) is 19.3 Å². The zero-order chi connectivity index (χ0) is 24.9. The summed E-state index contributed by atoms with van der Waals surface area (Å²) in [6, 6.07) is 9.13. The molecule has 1 aromatic heterocycles. The molecule has 1 saturated heterocycles. The largest absolute Gasteiger partial charge is 0.352 e. The molecule has 2 heterocycles. The third kappa shape index (κ3) is 6.12. The molecule has 1 aliphatic heterocycles. The van der Waals surface area contributed by atoms with E-state index >= 15 is 0 Å². The van der Waals surface area contributed by atoms with E-state index in [1.54, 1.807) is 12.1 Å². The average molecular weight is 501 g/mol. The normalized spacial score (nSPS) is 14.0. The van der Waals surface area contributed by atoms with Gasteiger partial charge in [0.25, 0.3) is 17.3 Å². The Kier molecular flexibility index (Phi) is 7.25. The van der Waals surface area contributed by atoms with Crippen LogP contribution in [0, 0.1) is 32.0 Å². The fourth-order valence-electron chi connectivity index (χ4n) is 3.83. The Morgan fingerprint density at radius 1 is 1.09 bits per heavy atom. The third-order valence-electron chi connectivity index (χ3n) is 5.76. The molecule has 0 aliphatic carbocycles. The first-order chi connectivity index (χ1) is 16.8. The molecule has 0 radical (unpaired) electrons. The van der Waals surface area contributed by atoms with Gasteiger partial charge in [-0.05, 0) is 36.5 Å². The molecule has 11 nitrogen and oxygen atoms in total. The topological polar surface area (TPSA) is 144 Å². The summed E-state index contributed by atoms with van der Waals surface area (Å²) in [5.74, 6) is -0.00699. The molecule has 3 aromatic rings. The molecule has 35 heavy (non-hydrogen) atoms. The van der Waals surface area contributed by atoms with Gasteiger partial charge in [0, 0.05) is 49.7 Å². The van der Waals surface area contributed by atoms with Gasteiger partial charge in [-0.3, -0.25) is 25.0 Å². The van der Waals surface area contributed by atoms with Crippen LogP contribution in [0.15, 0.2) is 42.5 Å². The van der Waals surface area contributed by atoms with E-state index in [1.165, 1.54) is 23.7 Å². The summed E-state index contributed by atoms with van der Waals surface area (Å²) in [5, 5.41) is 25.6. The second-order valence-electron chi connectivity index (χ2n) is 8.19. The maximum absolute atomic E-state index is 13.1. The van der Waals surface area contributed by atoms with Gasteiger partial charge in [0.15, 0.2) is 0 Å². The van der Waals surface area contributed by atoms with Crippen LogP contribution in [0.1, 0.15) is 34.6 Å². The number of carbonyl (C=O) groups excluding carboxylic acids is 1. The van der Waals surface area contributed by atoms with Crippen molar-refractivity contribution in [2.75, 3.05) is 24.5 Å². The first-order valence-electron chi connectivity index (χ1n) is 10.8. The van der Waals surface area contributed by atoms with E-state index < -0.39 is 27.1 Å². The first-order valence-corrected chi connectivity index (χ1v) is 11.6. The van der Waals surface area contributed by atoms with Gasteiger partial charge in [-0.15, -0.1) is 0 Å². The van der Waals surface area contributed by atoms with Crippen molar-refractivity contribution in [3.63, 3.8) is 0 Å². The highest BCUT2D eigenvalue weighted by Gasteiger charge is 2.24. The lowest BCUT2D eigenvalue weighted by atomic mass is 9.97. The van der Waals surface area contributed by atoms with E-state index in [9.17, 15) is 29.4 Å². The number of hydrogen-bond acceptors (Lipinski definition) is 9. The van der Waals surface area contributed by atoms with E-state index in [0.717, 1.165) is 54.8 Å². The molecule has 182 valence electrons. The highest BCUT2D eigenvalue weighted by molar-refractivity contribution is 7.09. The number of hydrogen-bond donors (Lipinski definition) is 1. The number of nitrogens with one attached hydrogen (secondary N) is 1. The number of halogens is 1. The maximum atomic E-state index is 13.1. The van der Waals surface area contributed by atoms with Gasteiger partial charge in [-0.2, -0.15) is 4.37 Å². The van der Waals surface area contributed by atoms with Crippen molar-refractivity contribution in [3.8, 4) is 0 Å². The summed E-state index contributed by atoms with van der Waals surface area (Å²) in [6.07, 6.45) is 2.11. The minimum absolute atomic E-state index is 0.120. The Balaban J connectivity index is 1.29. The Morgan fingerprint density at radius 2 is 1.71 bits per heavy atom. The van der Waals surface area contributed by atoms with Crippen LogP contribution in [0.2, 0.25) is 0 Å². The molecule has 0 spiro atoms. The van der Waals surface area contributed by atoms with E-state index in [0.29, 0.717) is 18.8 Å². The summed E-state index contributed by atoms with van der Waals surface area (Å²) >= 11 is 1.31. The highest BCUT2D eigenvalue weighted by Crippen LogP contribution is 2.26. The summed E-state index contributed by atoms with van der Waals surface area (Å²) in [7, 11) is 0. The van der Waals surface area contributed by atoms with Gasteiger partial charge >= 0.3 is 0 Å². The van der Waals surface area contributed by atoms with Crippen molar-refractivity contribution in [1.82, 2.24) is 14.7 Å². The molecule has 1 amide bonds. The van der Waals surface area contributed by atoms with Crippen LogP contribution >= 0.6 is 11.5 Å². The lowest BCUT2D eigenvalue weighted by Crippen LogP contribution is -2.38. The Labute approximate surface area is 203 Å². The van der Waals surface area contributed by atoms with Crippen molar-refractivity contribution in [1.29, 1.82) is 0 Å². The number of nitro groups is 2. The molecule has 0 atom stereocenters. The van der Waals surface area contributed by atoms with E-state index in [-0.39, 0.29) is 17.3 Å². The summed E-state index contributed by atoms with van der Waals surface area (Å²) in [4.78, 5) is 39.8. The predicted octanol–water partition coefficient (Wildman–Crippen LogP) is 3.73. The quantitative estimate of drug-likeness (QED) is 0.364. The van der Waals surface area contributed by atoms with E-state index in [1.807, 2.05) is 0 Å². The molecule has 0 unspecified atom stereocenters. The number of piperidine rings is 1. The Hall–Kier alpha value is -4.00. The molecule has 1 fully saturated rings. The standard InChI is InChI=1S/C22H21FN6O5S/c23-17-3-1-14(2-4-17)9-20-25-22(35-26-20)27-7-5-15(6-8-27)13-24-21(30)16-10-18(28(31)32)12-19(11-16)29(33)34/h1-4,10-12,15H,5-9,13H2,(H,24,30). The van der Waals surface area contributed by atoms with Gasteiger partial charge in [-0.25, -0.2) is 9.37 Å². The monoisotopic (exact) mass is 500 g/mol. The molecular weight excluding hydrogens is 479 g/mol. The van der Waals surface area contributed by atoms with Crippen molar-refractivity contribution >= 4 is 33.9 Å². The highest BCUT2D eigenvalue weighted by atomic mass is 32.1. The fourth-order valence-corrected chi connectivity index (χ4v) is 4.57. The molecule has 13 heteroatoms. The number of nitrogens with zero attached hydrogens (tertiary/aromatic N) is 5. The smallest absolute Gasteiger partial charge is 0.277 e. The molecular formula is C22H21FN6O5S. The average Bonchev–Trinajstić information content (AvgIpc) is 3.32. The fraction of sp³-hybridized carbons (Fsp3) is 0.318. The van der Waals surface area contributed by atoms with Crippen LogP contribution in [0.25, 0.3) is 0 Å². The molecule has 0 saturated carbocycles. The van der Waals surface area contributed by atoms with Gasteiger partial charge < -0.3 is 10.2 Å². The number of rotatable bonds is 8. The number of anilines is 1. The molecule has 1 aliphatic rings. The molecule has 2 aromatic carbocycles. The third-order valence-corrected chi connectivity index (χ3v) is 6.57. The first kappa shape index (κ1) is 24.1. The van der Waals surface area contributed by atoms with Crippen LogP contribution in [-0.2, 0) is 6.42 Å². The number of aromatic nitrogens is 2. The second-order valence-corrected chi connectivity index (χ2v) is 8.92. The van der Waals surface area contributed by atoms with Crippen LogP contribution in [-0.4, -0.2) is 44.7 Å². The Bertz CT molecular complexity index is 1210. The van der Waals surface area contributed by atoms with Gasteiger partial charge in [0.05, 0.1) is 21.5 Å². The number of amides is 1. The minimum atomic E-state index is -0.766. The zero-order valence-corrected chi connectivity index (χ0v) is 19.2. The summed E-state index contributed by atoms with van der Waals surface area (Å²) in [5.41, 5.74) is -0.202. The predicted molar refractivity (Wildman–Crippen MR) is 126 cm³/mol. The number of benzene rings is 2. The van der Waals surface area contributed by atoms with Crippen molar-refractivity contribution in [2.24, 2.45) is 5.92 Å². The summed E-state index contributed by atoms with van der Waals surface area (Å²) < 4.78 is 17.5. The minimum Gasteiger partial charge on any atom is -0.352 e. The lowest BCUT2D eigenvalue weighted by Gasteiger charge is -2.31. The van der Waals surface area contributed by atoms with Crippen molar-refractivity contribution < 1.29 is 19.0 Å². The zero-order valence-electron chi connectivity index (χ0n) is 18.4. The van der Waals surface area contributed by atoms with Crippen LogP contribution < -0.4 is 10.2 Å². The maximum Gasteiger partial charge on any atom is 0.277 e. The Morgan fingerprint density at radius 3 is 2.31 bits per heavy atom. The number of non-ortho nitro benzene ring substituents is 2. The molecule has 1 N–H and O–H groups in total. The van der Waals surface area contributed by atoms with Gasteiger partial charge in [0.2, 0.25) is 5.13 Å². The van der Waals surface area contributed by atoms with Gasteiger partial charge in [-0.1, -0.05) is 12.1 Å². The van der Waals surface area contributed by atoms with Crippen LogP contribution in [0.4, 0.5) is 20.9 Å². The lowest BCUT2D eigenvalue weighted by molar-refractivity contribution is -0.394. The second kappa shape index (κ2) is 10.5. The van der Waals surface area contributed by atoms with Crippen LogP contribution in [0.3, 0.4) is 0 Å². The SMILES string of the molecule is O=C(NCC1CCN(c2nc(Cc3ccc(F)cc3)ns2)CC1)c1cc([N+](=O)[O-])cc([N+](=O)[O-])c1. The number of carbonyl (C=O) groups is 1. The summed E-state index contributed by atoms with van der Waals surface area (Å²) in [6.45, 7) is 1.82. The molecule has 4 rings (SSSR count). The van der Waals surface area contributed by atoms with E-state index in [2.05, 4.69) is 19.6 Å².